The zero-order valence-corrected chi connectivity index (χ0v) is 14.9. The smallest absolute Gasteiger partial charge is 0.274 e. The molecule has 0 aliphatic heterocycles. The average molecular weight is 359 g/mol. The van der Waals surface area contributed by atoms with E-state index in [2.05, 4.69) is 20.4 Å². The van der Waals surface area contributed by atoms with Crippen molar-refractivity contribution in [3.63, 3.8) is 0 Å². The maximum absolute atomic E-state index is 12.7. The summed E-state index contributed by atoms with van der Waals surface area (Å²) in [5, 5.41) is 7.37. The summed E-state index contributed by atoms with van der Waals surface area (Å²) < 4.78 is 6.97. The lowest BCUT2D eigenvalue weighted by Gasteiger charge is -2.10. The Morgan fingerprint density at radius 3 is 2.67 bits per heavy atom. The van der Waals surface area contributed by atoms with Crippen LogP contribution in [0.3, 0.4) is 0 Å². The second-order valence-electron chi connectivity index (χ2n) is 5.95. The number of nitrogens with zero attached hydrogens (tertiary/aromatic N) is 4. The van der Waals surface area contributed by atoms with Crippen LogP contribution in [0.4, 0.5) is 5.69 Å². The van der Waals surface area contributed by atoms with Crippen LogP contribution in [0.15, 0.2) is 60.8 Å². The minimum Gasteiger partial charge on any atom is -0.495 e. The Morgan fingerprint density at radius 1 is 1.07 bits per heavy atom. The van der Waals surface area contributed by atoms with E-state index in [1.807, 2.05) is 43.3 Å². The van der Waals surface area contributed by atoms with Crippen molar-refractivity contribution in [3.8, 4) is 17.1 Å². The highest BCUT2D eigenvalue weighted by Crippen LogP contribution is 2.24. The summed E-state index contributed by atoms with van der Waals surface area (Å²) in [5.74, 6) is 0.274. The molecular weight excluding hydrogens is 342 g/mol. The van der Waals surface area contributed by atoms with Crippen molar-refractivity contribution in [2.75, 3.05) is 12.4 Å². The first-order chi connectivity index (χ1) is 13.2. The molecule has 3 aromatic heterocycles. The predicted octanol–water partition coefficient (Wildman–Crippen LogP) is 3.36. The molecule has 1 aromatic carbocycles. The highest BCUT2D eigenvalue weighted by molar-refractivity contribution is 6.04. The first-order valence-corrected chi connectivity index (χ1v) is 8.39. The van der Waals surface area contributed by atoms with Gasteiger partial charge in [-0.05, 0) is 37.3 Å². The second kappa shape index (κ2) is 6.87. The molecule has 27 heavy (non-hydrogen) atoms. The van der Waals surface area contributed by atoms with Gasteiger partial charge in [0.1, 0.15) is 17.1 Å². The number of anilines is 1. The van der Waals surface area contributed by atoms with Crippen LogP contribution < -0.4 is 10.1 Å². The Kier molecular flexibility index (Phi) is 4.25. The summed E-state index contributed by atoms with van der Waals surface area (Å²) in [5.41, 5.74) is 3.73. The Morgan fingerprint density at radius 2 is 1.89 bits per heavy atom. The van der Waals surface area contributed by atoms with E-state index < -0.39 is 0 Å². The number of amides is 1. The molecule has 1 amide bonds. The zero-order valence-electron chi connectivity index (χ0n) is 14.9. The molecule has 7 nitrogen and oxygen atoms in total. The molecule has 3 heterocycles. The van der Waals surface area contributed by atoms with Gasteiger partial charge in [-0.25, -0.2) is 9.50 Å². The third-order valence-corrected chi connectivity index (χ3v) is 4.12. The van der Waals surface area contributed by atoms with Crippen molar-refractivity contribution >= 4 is 17.2 Å². The summed E-state index contributed by atoms with van der Waals surface area (Å²) in [6.45, 7) is 1.88. The van der Waals surface area contributed by atoms with Crippen LogP contribution in [0.1, 0.15) is 16.2 Å². The van der Waals surface area contributed by atoms with Gasteiger partial charge in [-0.1, -0.05) is 18.2 Å². The molecule has 0 spiro atoms. The van der Waals surface area contributed by atoms with Gasteiger partial charge in [0.15, 0.2) is 5.65 Å². The van der Waals surface area contributed by atoms with Crippen LogP contribution in [-0.4, -0.2) is 32.6 Å². The van der Waals surface area contributed by atoms with E-state index in [1.54, 1.807) is 36.0 Å². The third-order valence-electron chi connectivity index (χ3n) is 4.12. The second-order valence-corrected chi connectivity index (χ2v) is 5.95. The van der Waals surface area contributed by atoms with Crippen molar-refractivity contribution in [1.82, 2.24) is 19.6 Å². The maximum atomic E-state index is 12.7. The SMILES string of the molecule is COc1ccccc1NC(=O)c1cc(C)n2nc(-c3ccccn3)cc2n1. The molecule has 7 heteroatoms. The fourth-order valence-electron chi connectivity index (χ4n) is 2.82. The Hall–Kier alpha value is -3.74. The number of fused-ring (bicyclic) bond motifs is 1. The van der Waals surface area contributed by atoms with Gasteiger partial charge in [0.2, 0.25) is 0 Å². The first-order valence-electron chi connectivity index (χ1n) is 8.39. The van der Waals surface area contributed by atoms with Crippen LogP contribution in [0.5, 0.6) is 5.75 Å². The van der Waals surface area contributed by atoms with Crippen molar-refractivity contribution in [2.45, 2.75) is 6.92 Å². The van der Waals surface area contributed by atoms with E-state index in [0.29, 0.717) is 28.5 Å². The van der Waals surface area contributed by atoms with Gasteiger partial charge in [0.05, 0.1) is 18.5 Å². The average Bonchev–Trinajstić information content (AvgIpc) is 3.14. The number of aromatic nitrogens is 4. The van der Waals surface area contributed by atoms with Crippen LogP contribution >= 0.6 is 0 Å². The molecule has 4 rings (SSSR count). The molecule has 0 bridgehead atoms. The standard InChI is InChI=1S/C20H17N5O2/c1-13-11-17(20(26)23-15-8-3-4-9-18(15)27-2)22-19-12-16(24-25(13)19)14-7-5-6-10-21-14/h3-12H,1-2H3,(H,23,26). The van der Waals surface area contributed by atoms with Crippen LogP contribution in [0, 0.1) is 6.92 Å². The number of hydrogen-bond acceptors (Lipinski definition) is 5. The lowest BCUT2D eigenvalue weighted by Crippen LogP contribution is -2.15. The molecule has 0 unspecified atom stereocenters. The molecule has 0 aliphatic carbocycles. The van der Waals surface area contributed by atoms with E-state index in [4.69, 9.17) is 4.74 Å². The van der Waals surface area contributed by atoms with Gasteiger partial charge < -0.3 is 10.1 Å². The molecule has 0 atom stereocenters. The molecule has 4 aromatic rings. The number of para-hydroxylation sites is 2. The molecule has 0 fully saturated rings. The van der Waals surface area contributed by atoms with Crippen LogP contribution in [0.25, 0.3) is 17.0 Å². The topological polar surface area (TPSA) is 81.4 Å². The minimum atomic E-state index is -0.314. The number of aryl methyl sites for hydroxylation is 1. The summed E-state index contributed by atoms with van der Waals surface area (Å²) in [4.78, 5) is 21.4. The predicted molar refractivity (Wildman–Crippen MR) is 102 cm³/mol. The van der Waals surface area contributed by atoms with E-state index in [9.17, 15) is 4.79 Å². The summed E-state index contributed by atoms with van der Waals surface area (Å²) in [6, 6.07) is 16.4. The quantitative estimate of drug-likeness (QED) is 0.604. The number of benzene rings is 1. The zero-order chi connectivity index (χ0) is 18.8. The van der Waals surface area contributed by atoms with Gasteiger partial charge in [-0.3, -0.25) is 9.78 Å². The Labute approximate surface area is 155 Å². The van der Waals surface area contributed by atoms with Crippen LogP contribution in [0.2, 0.25) is 0 Å². The fraction of sp³-hybridized carbons (Fsp3) is 0.100. The number of carbonyl (C=O) groups excluding carboxylic acids is 1. The van der Waals surface area contributed by atoms with Gasteiger partial charge >= 0.3 is 0 Å². The van der Waals surface area contributed by atoms with Crippen molar-refractivity contribution < 1.29 is 9.53 Å². The largest absolute Gasteiger partial charge is 0.495 e. The molecule has 134 valence electrons. The van der Waals surface area contributed by atoms with E-state index >= 15 is 0 Å². The lowest BCUT2D eigenvalue weighted by atomic mass is 10.2. The number of ether oxygens (including phenoxy) is 1. The highest BCUT2D eigenvalue weighted by atomic mass is 16.5. The molecule has 1 N–H and O–H groups in total. The molecular formula is C20H17N5O2. The van der Waals surface area contributed by atoms with Gasteiger partial charge in [0, 0.05) is 18.0 Å². The number of hydrogen-bond donors (Lipinski definition) is 1. The number of methoxy groups -OCH3 is 1. The van der Waals surface area contributed by atoms with Gasteiger partial charge in [-0.2, -0.15) is 5.10 Å². The van der Waals surface area contributed by atoms with E-state index in [-0.39, 0.29) is 5.91 Å². The molecule has 0 saturated heterocycles. The highest BCUT2D eigenvalue weighted by Gasteiger charge is 2.15. The van der Waals surface area contributed by atoms with Crippen molar-refractivity contribution in [1.29, 1.82) is 0 Å². The number of carbonyl (C=O) groups is 1. The number of pyridine rings is 1. The van der Waals surface area contributed by atoms with Crippen molar-refractivity contribution in [3.05, 3.63) is 72.2 Å². The Balaban J connectivity index is 1.69. The van der Waals surface area contributed by atoms with E-state index in [1.165, 1.54) is 0 Å². The monoisotopic (exact) mass is 359 g/mol. The number of nitrogens with one attached hydrogen (secondary N) is 1. The normalized spacial score (nSPS) is 10.7. The first kappa shape index (κ1) is 16.7. The molecule has 0 radical (unpaired) electrons. The number of rotatable bonds is 4. The third kappa shape index (κ3) is 3.22. The lowest BCUT2D eigenvalue weighted by molar-refractivity contribution is 0.102. The van der Waals surface area contributed by atoms with Gasteiger partial charge in [0.25, 0.3) is 5.91 Å². The summed E-state index contributed by atoms with van der Waals surface area (Å²) >= 11 is 0. The summed E-state index contributed by atoms with van der Waals surface area (Å²) in [7, 11) is 1.56. The summed E-state index contributed by atoms with van der Waals surface area (Å²) in [6.07, 6.45) is 1.71. The molecule has 0 saturated carbocycles. The van der Waals surface area contributed by atoms with Crippen LogP contribution in [-0.2, 0) is 0 Å². The van der Waals surface area contributed by atoms with Crippen molar-refractivity contribution in [2.24, 2.45) is 0 Å². The fourth-order valence-corrected chi connectivity index (χ4v) is 2.82. The molecule has 0 aliphatic rings. The Bertz CT molecular complexity index is 1120. The van der Waals surface area contributed by atoms with E-state index in [0.717, 1.165) is 11.4 Å². The minimum absolute atomic E-state index is 0.304. The maximum Gasteiger partial charge on any atom is 0.274 e. The van der Waals surface area contributed by atoms with Gasteiger partial charge in [-0.15, -0.1) is 0 Å².